The van der Waals surface area contributed by atoms with Gasteiger partial charge in [-0.1, -0.05) is 54.6 Å². The van der Waals surface area contributed by atoms with Gasteiger partial charge in [0.05, 0.1) is 19.3 Å². The van der Waals surface area contributed by atoms with Crippen LogP contribution in [0.5, 0.6) is 5.75 Å². The fourth-order valence-corrected chi connectivity index (χ4v) is 4.76. The number of carbonyl (C=O) groups excluding carboxylic acids is 3. The molecule has 0 aliphatic carbocycles. The number of aliphatic hydroxyl groups excluding tert-OH is 2. The number of Topliss-reactive ketones (excluding diaryl/α,β-unsaturated/α-hetero) is 2. The summed E-state index contributed by atoms with van der Waals surface area (Å²) in [5.41, 5.74) is 3.26. The van der Waals surface area contributed by atoms with Crippen LogP contribution in [0.15, 0.2) is 78.9 Å². The Morgan fingerprint density at radius 2 is 1.61 bits per heavy atom. The number of ether oxygens (including phenoxy) is 2. The number of morpholine rings is 1. The molecular formula is C32H36N2O7. The van der Waals surface area contributed by atoms with Gasteiger partial charge in [-0.05, 0) is 47.4 Å². The first kappa shape index (κ1) is 30.1. The Morgan fingerprint density at radius 1 is 0.927 bits per heavy atom. The van der Waals surface area contributed by atoms with Gasteiger partial charge in [-0.25, -0.2) is 0 Å². The Kier molecular flexibility index (Phi) is 11.2. The zero-order chi connectivity index (χ0) is 29.0. The lowest BCUT2D eigenvalue weighted by molar-refractivity contribution is -0.132. The number of hydrogen-bond donors (Lipinski definition) is 3. The number of ketones is 2. The number of hydrogen-bond acceptors (Lipinski definition) is 8. The maximum atomic E-state index is 13.0. The molecule has 3 aromatic rings. The largest absolute Gasteiger partial charge is 0.491 e. The predicted molar refractivity (Wildman–Crippen MR) is 154 cm³/mol. The summed E-state index contributed by atoms with van der Waals surface area (Å²) in [5.74, 6) is -1.14. The summed E-state index contributed by atoms with van der Waals surface area (Å²) < 4.78 is 11.2. The molecular weight excluding hydrogens is 524 g/mol. The average Bonchev–Trinajstić information content (AvgIpc) is 3.02. The number of nitrogens with zero attached hydrogens (tertiary/aromatic N) is 1. The van der Waals surface area contributed by atoms with Crippen molar-refractivity contribution in [1.29, 1.82) is 0 Å². The molecule has 216 valence electrons. The highest BCUT2D eigenvalue weighted by Crippen LogP contribution is 2.23. The van der Waals surface area contributed by atoms with Crippen LogP contribution in [0.4, 0.5) is 0 Å². The van der Waals surface area contributed by atoms with E-state index >= 15 is 0 Å². The molecule has 1 heterocycles. The van der Waals surface area contributed by atoms with Crippen molar-refractivity contribution in [1.82, 2.24) is 10.2 Å². The first-order valence-electron chi connectivity index (χ1n) is 13.8. The third-order valence-electron chi connectivity index (χ3n) is 6.95. The molecule has 1 amide bonds. The van der Waals surface area contributed by atoms with Crippen molar-refractivity contribution in [3.05, 3.63) is 90.0 Å². The highest BCUT2D eigenvalue weighted by molar-refractivity contribution is 6.11. The number of nitrogens with one attached hydrogen (secondary N) is 1. The summed E-state index contributed by atoms with van der Waals surface area (Å²) in [6, 6.07) is 22.8. The zero-order valence-electron chi connectivity index (χ0n) is 22.9. The molecule has 9 nitrogen and oxygen atoms in total. The van der Waals surface area contributed by atoms with Gasteiger partial charge in [0, 0.05) is 31.6 Å². The van der Waals surface area contributed by atoms with Crippen LogP contribution in [0.25, 0.3) is 11.1 Å². The number of rotatable bonds is 14. The van der Waals surface area contributed by atoms with Crippen LogP contribution in [-0.2, 0) is 20.9 Å². The number of aliphatic hydroxyl groups is 2. The highest BCUT2D eigenvalue weighted by atomic mass is 16.5. The number of amides is 1. The van der Waals surface area contributed by atoms with Crippen LogP contribution < -0.4 is 10.1 Å². The van der Waals surface area contributed by atoms with E-state index in [1.165, 1.54) is 5.56 Å². The van der Waals surface area contributed by atoms with Crippen LogP contribution in [0, 0.1) is 0 Å². The van der Waals surface area contributed by atoms with E-state index in [0.29, 0.717) is 25.3 Å². The maximum Gasteiger partial charge on any atom is 0.252 e. The molecule has 1 saturated heterocycles. The first-order chi connectivity index (χ1) is 20.0. The summed E-state index contributed by atoms with van der Waals surface area (Å²) in [4.78, 5) is 40.6. The van der Waals surface area contributed by atoms with Crippen LogP contribution in [0.1, 0.15) is 28.8 Å². The molecule has 0 bridgehead atoms. The molecule has 3 aromatic carbocycles. The molecule has 0 radical (unpaired) electrons. The monoisotopic (exact) mass is 560 g/mol. The summed E-state index contributed by atoms with van der Waals surface area (Å²) >= 11 is 0. The smallest absolute Gasteiger partial charge is 0.252 e. The molecule has 3 N–H and O–H groups in total. The quantitative estimate of drug-likeness (QED) is 0.257. The molecule has 2 unspecified atom stereocenters. The Balaban J connectivity index is 1.31. The van der Waals surface area contributed by atoms with Gasteiger partial charge in [-0.15, -0.1) is 0 Å². The van der Waals surface area contributed by atoms with Crippen LogP contribution in [0.2, 0.25) is 0 Å². The first-order valence-corrected chi connectivity index (χ1v) is 13.8. The standard InChI is InChI=1S/C32H36N2O7/c35-17-19-41-27-12-10-25(11-13-27)24-6-8-26(9-7-24)32(39)33-31(30(38)22-36)29(37)15-14-28-21-34(16-18-40-28)20-23-4-2-1-3-5-23/h1-13,28,31,35-36H,14-22H2,(H,33,39). The lowest BCUT2D eigenvalue weighted by Crippen LogP contribution is -2.48. The Hall–Kier alpha value is -3.89. The van der Waals surface area contributed by atoms with Crippen LogP contribution in [0.3, 0.4) is 0 Å². The van der Waals surface area contributed by atoms with Crippen LogP contribution >= 0.6 is 0 Å². The van der Waals surface area contributed by atoms with Gasteiger partial charge in [-0.3, -0.25) is 19.3 Å². The molecule has 0 saturated carbocycles. The molecule has 41 heavy (non-hydrogen) atoms. The van der Waals surface area contributed by atoms with E-state index in [9.17, 15) is 19.5 Å². The van der Waals surface area contributed by atoms with Gasteiger partial charge in [-0.2, -0.15) is 0 Å². The van der Waals surface area contributed by atoms with E-state index in [1.54, 1.807) is 36.4 Å². The third kappa shape index (κ3) is 8.80. The van der Waals surface area contributed by atoms with Gasteiger partial charge in [0.1, 0.15) is 25.0 Å². The van der Waals surface area contributed by atoms with E-state index in [0.717, 1.165) is 24.2 Å². The van der Waals surface area contributed by atoms with Crippen molar-refractivity contribution in [2.45, 2.75) is 31.5 Å². The van der Waals surface area contributed by atoms with Crippen molar-refractivity contribution in [3.8, 4) is 16.9 Å². The molecule has 1 fully saturated rings. The summed E-state index contributed by atoms with van der Waals surface area (Å²) in [5, 5.41) is 20.8. The maximum absolute atomic E-state index is 13.0. The third-order valence-corrected chi connectivity index (χ3v) is 6.95. The molecule has 0 aromatic heterocycles. The zero-order valence-corrected chi connectivity index (χ0v) is 22.9. The van der Waals surface area contributed by atoms with E-state index in [4.69, 9.17) is 14.6 Å². The van der Waals surface area contributed by atoms with E-state index in [-0.39, 0.29) is 31.3 Å². The Morgan fingerprint density at radius 3 is 2.27 bits per heavy atom. The minimum atomic E-state index is -1.43. The Labute approximate surface area is 239 Å². The second kappa shape index (κ2) is 15.2. The Bertz CT molecular complexity index is 1280. The predicted octanol–water partition coefficient (Wildman–Crippen LogP) is 2.63. The van der Waals surface area contributed by atoms with Crippen molar-refractivity contribution in [2.24, 2.45) is 0 Å². The number of benzene rings is 3. The summed E-state index contributed by atoms with van der Waals surface area (Å²) in [6.45, 7) is 2.11. The topological polar surface area (TPSA) is 125 Å². The van der Waals surface area contributed by atoms with Gasteiger partial charge >= 0.3 is 0 Å². The van der Waals surface area contributed by atoms with Crippen molar-refractivity contribution in [2.75, 3.05) is 39.5 Å². The lowest BCUT2D eigenvalue weighted by Gasteiger charge is -2.33. The fourth-order valence-electron chi connectivity index (χ4n) is 4.76. The number of carbonyl (C=O) groups is 3. The van der Waals surface area contributed by atoms with Gasteiger partial charge in [0.2, 0.25) is 0 Å². The van der Waals surface area contributed by atoms with E-state index in [2.05, 4.69) is 22.3 Å². The SMILES string of the molecule is O=C(NC(C(=O)CO)C(=O)CCC1CN(Cc2ccccc2)CCO1)c1ccc(-c2ccc(OCCO)cc2)cc1. The van der Waals surface area contributed by atoms with E-state index in [1.807, 2.05) is 30.3 Å². The minimum Gasteiger partial charge on any atom is -0.491 e. The fraction of sp³-hybridized carbons (Fsp3) is 0.344. The van der Waals surface area contributed by atoms with Crippen molar-refractivity contribution in [3.63, 3.8) is 0 Å². The van der Waals surface area contributed by atoms with Crippen molar-refractivity contribution >= 4 is 17.5 Å². The summed E-state index contributed by atoms with van der Waals surface area (Å²) in [6.07, 6.45) is 0.283. The molecule has 1 aliphatic rings. The highest BCUT2D eigenvalue weighted by Gasteiger charge is 2.29. The molecule has 0 spiro atoms. The molecule has 9 heteroatoms. The average molecular weight is 561 g/mol. The second-order valence-electron chi connectivity index (χ2n) is 9.92. The normalized spacial score (nSPS) is 16.1. The van der Waals surface area contributed by atoms with Crippen molar-refractivity contribution < 1.29 is 34.1 Å². The molecule has 4 rings (SSSR count). The van der Waals surface area contributed by atoms with Gasteiger partial charge in [0.15, 0.2) is 11.6 Å². The minimum absolute atomic E-state index is 0.0392. The lowest BCUT2D eigenvalue weighted by atomic mass is 10.00. The molecule has 1 aliphatic heterocycles. The summed E-state index contributed by atoms with van der Waals surface area (Å²) in [7, 11) is 0. The second-order valence-corrected chi connectivity index (χ2v) is 9.92. The van der Waals surface area contributed by atoms with E-state index < -0.39 is 30.1 Å². The van der Waals surface area contributed by atoms with Crippen LogP contribution in [-0.4, -0.2) is 84.2 Å². The molecule has 2 atom stereocenters. The van der Waals surface area contributed by atoms with Gasteiger partial charge < -0.3 is 25.0 Å². The van der Waals surface area contributed by atoms with Gasteiger partial charge in [0.25, 0.3) is 5.91 Å².